The SMILES string of the molecule is Cc1nn(C)cc1NS(=O)(=O)c1ccc(C(F)(F)F)c(C#N)c1. The topological polar surface area (TPSA) is 87.8 Å². The summed E-state index contributed by atoms with van der Waals surface area (Å²) in [6.07, 6.45) is -3.32. The lowest BCUT2D eigenvalue weighted by Crippen LogP contribution is -2.15. The maximum atomic E-state index is 12.7. The molecular weight excluding hydrogens is 333 g/mol. The number of anilines is 1. The predicted molar refractivity (Wildman–Crippen MR) is 74.9 cm³/mol. The molecule has 0 aliphatic carbocycles. The van der Waals surface area contributed by atoms with E-state index in [1.54, 1.807) is 14.0 Å². The van der Waals surface area contributed by atoms with Gasteiger partial charge in [-0.25, -0.2) is 8.42 Å². The third-order valence-electron chi connectivity index (χ3n) is 2.98. The summed E-state index contributed by atoms with van der Waals surface area (Å²) in [5.41, 5.74) is -1.34. The molecule has 2 aromatic rings. The number of alkyl halides is 3. The van der Waals surface area contributed by atoms with Crippen LogP contribution in [0.4, 0.5) is 18.9 Å². The van der Waals surface area contributed by atoms with E-state index >= 15 is 0 Å². The summed E-state index contributed by atoms with van der Waals surface area (Å²) in [6, 6.07) is 3.43. The van der Waals surface area contributed by atoms with Crippen molar-refractivity contribution >= 4 is 15.7 Å². The first-order chi connectivity index (χ1) is 10.5. The van der Waals surface area contributed by atoms with Gasteiger partial charge in [-0.05, 0) is 25.1 Å². The van der Waals surface area contributed by atoms with Crippen LogP contribution in [0.5, 0.6) is 0 Å². The van der Waals surface area contributed by atoms with E-state index in [0.29, 0.717) is 17.8 Å². The molecule has 1 aromatic carbocycles. The number of nitriles is 1. The largest absolute Gasteiger partial charge is 0.417 e. The molecule has 0 spiro atoms. The van der Waals surface area contributed by atoms with E-state index in [4.69, 9.17) is 5.26 Å². The third-order valence-corrected chi connectivity index (χ3v) is 4.35. The molecule has 122 valence electrons. The van der Waals surface area contributed by atoms with E-state index in [9.17, 15) is 21.6 Å². The highest BCUT2D eigenvalue weighted by Gasteiger charge is 2.34. The van der Waals surface area contributed by atoms with Crippen LogP contribution < -0.4 is 4.72 Å². The zero-order chi connectivity index (χ0) is 17.4. The van der Waals surface area contributed by atoms with E-state index in [1.807, 2.05) is 0 Å². The van der Waals surface area contributed by atoms with Crippen molar-refractivity contribution in [2.75, 3.05) is 4.72 Å². The third kappa shape index (κ3) is 3.45. The van der Waals surface area contributed by atoms with Crippen LogP contribution in [0.3, 0.4) is 0 Å². The average molecular weight is 344 g/mol. The van der Waals surface area contributed by atoms with Gasteiger partial charge in [-0.2, -0.15) is 23.5 Å². The van der Waals surface area contributed by atoms with Crippen molar-refractivity contribution in [1.29, 1.82) is 5.26 Å². The van der Waals surface area contributed by atoms with Gasteiger partial charge in [-0.15, -0.1) is 0 Å². The molecule has 1 aromatic heterocycles. The van der Waals surface area contributed by atoms with Gasteiger partial charge in [0.2, 0.25) is 0 Å². The Bertz CT molecular complexity index is 895. The molecule has 0 bridgehead atoms. The van der Waals surface area contributed by atoms with E-state index in [-0.39, 0.29) is 5.69 Å². The lowest BCUT2D eigenvalue weighted by Gasteiger charge is -2.11. The minimum Gasteiger partial charge on any atom is -0.276 e. The number of nitrogens with one attached hydrogen (secondary N) is 1. The van der Waals surface area contributed by atoms with Gasteiger partial charge in [0.15, 0.2) is 0 Å². The summed E-state index contributed by atoms with van der Waals surface area (Å²) in [7, 11) is -2.55. The van der Waals surface area contributed by atoms with Gasteiger partial charge in [0.25, 0.3) is 10.0 Å². The number of hydrogen-bond donors (Lipinski definition) is 1. The van der Waals surface area contributed by atoms with Crippen LogP contribution >= 0.6 is 0 Å². The van der Waals surface area contributed by atoms with E-state index in [2.05, 4.69) is 9.82 Å². The highest BCUT2D eigenvalue weighted by atomic mass is 32.2. The molecule has 0 saturated carbocycles. The van der Waals surface area contributed by atoms with E-state index < -0.39 is 32.2 Å². The fraction of sp³-hybridized carbons (Fsp3) is 0.231. The van der Waals surface area contributed by atoms with Gasteiger partial charge in [-0.1, -0.05) is 0 Å². The molecule has 1 heterocycles. The number of aryl methyl sites for hydroxylation is 2. The molecule has 0 aliphatic heterocycles. The minimum atomic E-state index is -4.74. The standard InChI is InChI=1S/C13H11F3N4O2S/c1-8-12(7-20(2)18-8)19-23(21,22)10-3-4-11(13(14,15)16)9(5-10)6-17/h3-5,7,19H,1-2H3. The first-order valence-electron chi connectivity index (χ1n) is 6.19. The molecule has 0 saturated heterocycles. The van der Waals surface area contributed by atoms with Gasteiger partial charge in [-0.3, -0.25) is 9.40 Å². The molecule has 0 unspecified atom stereocenters. The number of hydrogen-bond acceptors (Lipinski definition) is 4. The monoisotopic (exact) mass is 344 g/mol. The number of nitrogens with zero attached hydrogens (tertiary/aromatic N) is 3. The summed E-state index contributed by atoms with van der Waals surface area (Å²) in [5, 5.41) is 12.8. The molecule has 0 radical (unpaired) electrons. The Morgan fingerprint density at radius 3 is 2.48 bits per heavy atom. The maximum Gasteiger partial charge on any atom is 0.417 e. The zero-order valence-electron chi connectivity index (χ0n) is 12.0. The van der Waals surface area contributed by atoms with Crippen molar-refractivity contribution in [3.63, 3.8) is 0 Å². The molecule has 0 fully saturated rings. The normalized spacial score (nSPS) is 12.0. The van der Waals surface area contributed by atoms with Gasteiger partial charge >= 0.3 is 6.18 Å². The summed E-state index contributed by atoms with van der Waals surface area (Å²) in [6.45, 7) is 1.57. The summed E-state index contributed by atoms with van der Waals surface area (Å²) < 4.78 is 66.3. The molecule has 0 aliphatic rings. The average Bonchev–Trinajstić information content (AvgIpc) is 2.74. The Morgan fingerprint density at radius 2 is 2.00 bits per heavy atom. The summed E-state index contributed by atoms with van der Waals surface area (Å²) in [5.74, 6) is 0. The van der Waals surface area contributed by atoms with Crippen LogP contribution in [0.2, 0.25) is 0 Å². The Kier molecular flexibility index (Phi) is 4.08. The van der Waals surface area contributed by atoms with Gasteiger partial charge in [0, 0.05) is 13.2 Å². The fourth-order valence-electron chi connectivity index (χ4n) is 1.93. The van der Waals surface area contributed by atoms with Crippen molar-refractivity contribution in [1.82, 2.24) is 9.78 Å². The van der Waals surface area contributed by atoms with Crippen molar-refractivity contribution in [3.05, 3.63) is 41.2 Å². The van der Waals surface area contributed by atoms with Gasteiger partial charge in [0.1, 0.15) is 0 Å². The van der Waals surface area contributed by atoms with Crippen LogP contribution in [0, 0.1) is 18.3 Å². The molecule has 10 heteroatoms. The Morgan fingerprint density at radius 1 is 1.35 bits per heavy atom. The van der Waals surface area contributed by atoms with Crippen LogP contribution in [-0.4, -0.2) is 18.2 Å². The Hall–Kier alpha value is -2.54. The molecule has 2 rings (SSSR count). The maximum absolute atomic E-state index is 12.7. The minimum absolute atomic E-state index is 0.200. The van der Waals surface area contributed by atoms with Crippen LogP contribution in [0.1, 0.15) is 16.8 Å². The second-order valence-electron chi connectivity index (χ2n) is 4.72. The van der Waals surface area contributed by atoms with E-state index in [1.165, 1.54) is 16.9 Å². The summed E-state index contributed by atoms with van der Waals surface area (Å²) in [4.78, 5) is -0.440. The summed E-state index contributed by atoms with van der Waals surface area (Å²) >= 11 is 0. The van der Waals surface area contributed by atoms with E-state index in [0.717, 1.165) is 6.07 Å². The molecule has 1 N–H and O–H groups in total. The van der Waals surface area contributed by atoms with Crippen LogP contribution in [0.15, 0.2) is 29.3 Å². The molecule has 0 amide bonds. The van der Waals surface area contributed by atoms with Crippen molar-refractivity contribution in [3.8, 4) is 6.07 Å². The van der Waals surface area contributed by atoms with Crippen molar-refractivity contribution < 1.29 is 21.6 Å². The lowest BCUT2D eigenvalue weighted by molar-refractivity contribution is -0.137. The Labute approximate surface area is 130 Å². The lowest BCUT2D eigenvalue weighted by atomic mass is 10.1. The number of rotatable bonds is 3. The molecular formula is C13H11F3N4O2S. The number of sulfonamides is 1. The smallest absolute Gasteiger partial charge is 0.276 e. The number of aromatic nitrogens is 2. The molecule has 6 nitrogen and oxygen atoms in total. The number of benzene rings is 1. The predicted octanol–water partition coefficient (Wildman–Crippen LogP) is 2.42. The van der Waals surface area contributed by atoms with Crippen LogP contribution in [-0.2, 0) is 23.2 Å². The van der Waals surface area contributed by atoms with Crippen molar-refractivity contribution in [2.45, 2.75) is 18.0 Å². The Balaban J connectivity index is 2.45. The first-order valence-corrected chi connectivity index (χ1v) is 7.67. The quantitative estimate of drug-likeness (QED) is 0.926. The van der Waals surface area contributed by atoms with Crippen LogP contribution in [0.25, 0.3) is 0 Å². The molecule has 0 atom stereocenters. The highest BCUT2D eigenvalue weighted by molar-refractivity contribution is 7.92. The fourth-order valence-corrected chi connectivity index (χ4v) is 3.06. The second-order valence-corrected chi connectivity index (χ2v) is 6.41. The van der Waals surface area contributed by atoms with Gasteiger partial charge in [0.05, 0.1) is 33.5 Å². The number of halogens is 3. The first kappa shape index (κ1) is 16.8. The second kappa shape index (κ2) is 5.58. The van der Waals surface area contributed by atoms with Gasteiger partial charge < -0.3 is 0 Å². The molecule has 23 heavy (non-hydrogen) atoms. The highest BCUT2D eigenvalue weighted by Crippen LogP contribution is 2.33. The zero-order valence-corrected chi connectivity index (χ0v) is 12.8. The van der Waals surface area contributed by atoms with Crippen molar-refractivity contribution in [2.24, 2.45) is 7.05 Å².